The lowest BCUT2D eigenvalue weighted by molar-refractivity contribution is 0.0766. The van der Waals surface area contributed by atoms with Gasteiger partial charge in [-0.15, -0.1) is 0 Å². The van der Waals surface area contributed by atoms with E-state index in [1.54, 1.807) is 0 Å². The van der Waals surface area contributed by atoms with Crippen LogP contribution in [0, 0.1) is 0 Å². The standard InChI is InChI=1S/C16H35N3/c1-5-9-15(17-10-6-2)16(7-3)19-13-11-18(8-4)12-14-19/h15-17H,5-14H2,1-4H3. The molecule has 0 aliphatic carbocycles. The van der Waals surface area contributed by atoms with Gasteiger partial charge in [-0.25, -0.2) is 0 Å². The van der Waals surface area contributed by atoms with E-state index in [2.05, 4.69) is 42.8 Å². The largest absolute Gasteiger partial charge is 0.312 e. The summed E-state index contributed by atoms with van der Waals surface area (Å²) in [6.07, 6.45) is 5.10. The molecule has 0 aromatic carbocycles. The van der Waals surface area contributed by atoms with E-state index in [1.807, 2.05) is 0 Å². The molecule has 0 radical (unpaired) electrons. The zero-order valence-corrected chi connectivity index (χ0v) is 13.6. The summed E-state index contributed by atoms with van der Waals surface area (Å²) in [5.41, 5.74) is 0. The van der Waals surface area contributed by atoms with Crippen LogP contribution in [-0.4, -0.2) is 61.2 Å². The van der Waals surface area contributed by atoms with E-state index >= 15 is 0 Å². The maximum absolute atomic E-state index is 3.79. The van der Waals surface area contributed by atoms with E-state index in [-0.39, 0.29) is 0 Å². The predicted octanol–water partition coefficient (Wildman–Crippen LogP) is 2.57. The summed E-state index contributed by atoms with van der Waals surface area (Å²) in [5.74, 6) is 0. The van der Waals surface area contributed by atoms with Crippen molar-refractivity contribution in [3.05, 3.63) is 0 Å². The molecule has 1 heterocycles. The molecule has 3 heteroatoms. The molecule has 1 aliphatic rings. The van der Waals surface area contributed by atoms with Crippen molar-refractivity contribution >= 4 is 0 Å². The predicted molar refractivity (Wildman–Crippen MR) is 84.8 cm³/mol. The fourth-order valence-corrected chi connectivity index (χ4v) is 3.28. The van der Waals surface area contributed by atoms with Crippen LogP contribution in [0.4, 0.5) is 0 Å². The number of piperazine rings is 1. The first-order valence-electron chi connectivity index (χ1n) is 8.46. The van der Waals surface area contributed by atoms with Gasteiger partial charge in [-0.05, 0) is 32.4 Å². The Morgan fingerprint density at radius 1 is 0.947 bits per heavy atom. The van der Waals surface area contributed by atoms with Crippen LogP contribution in [0.2, 0.25) is 0 Å². The van der Waals surface area contributed by atoms with Crippen LogP contribution in [0.5, 0.6) is 0 Å². The Hall–Kier alpha value is -0.120. The second kappa shape index (κ2) is 9.73. The summed E-state index contributed by atoms with van der Waals surface area (Å²) in [6, 6.07) is 1.41. The molecule has 2 unspecified atom stereocenters. The Balaban J connectivity index is 2.52. The van der Waals surface area contributed by atoms with Crippen LogP contribution < -0.4 is 5.32 Å². The topological polar surface area (TPSA) is 18.5 Å². The number of likely N-dealkylation sites (N-methyl/N-ethyl adjacent to an activating group) is 1. The highest BCUT2D eigenvalue weighted by Gasteiger charge is 2.27. The highest BCUT2D eigenvalue weighted by atomic mass is 15.3. The van der Waals surface area contributed by atoms with Crippen LogP contribution in [0.1, 0.15) is 53.4 Å². The molecule has 0 bridgehead atoms. The molecule has 0 aromatic heterocycles. The molecule has 114 valence electrons. The SMILES string of the molecule is CCCNC(CCC)C(CC)N1CCN(CC)CC1. The maximum atomic E-state index is 3.79. The van der Waals surface area contributed by atoms with E-state index in [1.165, 1.54) is 58.4 Å². The molecule has 3 nitrogen and oxygen atoms in total. The van der Waals surface area contributed by atoms with Gasteiger partial charge >= 0.3 is 0 Å². The van der Waals surface area contributed by atoms with Gasteiger partial charge in [0.15, 0.2) is 0 Å². The molecule has 1 rings (SSSR count). The molecule has 1 aliphatic heterocycles. The molecule has 0 amide bonds. The molecule has 2 atom stereocenters. The van der Waals surface area contributed by atoms with Crippen LogP contribution >= 0.6 is 0 Å². The van der Waals surface area contributed by atoms with Gasteiger partial charge in [0.05, 0.1) is 0 Å². The van der Waals surface area contributed by atoms with E-state index in [4.69, 9.17) is 0 Å². The zero-order chi connectivity index (χ0) is 14.1. The summed E-state index contributed by atoms with van der Waals surface area (Å²) >= 11 is 0. The summed E-state index contributed by atoms with van der Waals surface area (Å²) in [5, 5.41) is 3.79. The Morgan fingerprint density at radius 3 is 2.11 bits per heavy atom. The van der Waals surface area contributed by atoms with Crippen molar-refractivity contribution in [2.24, 2.45) is 0 Å². The molecular formula is C16H35N3. The third-order valence-corrected chi connectivity index (χ3v) is 4.46. The van der Waals surface area contributed by atoms with Crippen LogP contribution in [0.25, 0.3) is 0 Å². The van der Waals surface area contributed by atoms with Gasteiger partial charge in [-0.3, -0.25) is 4.90 Å². The molecule has 19 heavy (non-hydrogen) atoms. The first-order chi connectivity index (χ1) is 9.26. The minimum absolute atomic E-state index is 0.683. The van der Waals surface area contributed by atoms with E-state index in [0.717, 1.165) is 12.6 Å². The molecular weight excluding hydrogens is 234 g/mol. The number of hydrogen-bond donors (Lipinski definition) is 1. The Morgan fingerprint density at radius 2 is 1.63 bits per heavy atom. The Kier molecular flexibility index (Phi) is 8.67. The third-order valence-electron chi connectivity index (χ3n) is 4.46. The van der Waals surface area contributed by atoms with Gasteiger partial charge in [-0.2, -0.15) is 0 Å². The lowest BCUT2D eigenvalue weighted by Gasteiger charge is -2.42. The minimum Gasteiger partial charge on any atom is -0.312 e. The number of nitrogens with one attached hydrogen (secondary N) is 1. The van der Waals surface area contributed by atoms with Crippen molar-refractivity contribution in [3.63, 3.8) is 0 Å². The van der Waals surface area contributed by atoms with Gasteiger partial charge in [0.1, 0.15) is 0 Å². The second-order valence-corrected chi connectivity index (χ2v) is 5.80. The Bertz CT molecular complexity index is 212. The van der Waals surface area contributed by atoms with Gasteiger partial charge in [0.2, 0.25) is 0 Å². The monoisotopic (exact) mass is 269 g/mol. The van der Waals surface area contributed by atoms with Crippen molar-refractivity contribution in [2.75, 3.05) is 39.3 Å². The normalized spacial score (nSPS) is 21.5. The minimum atomic E-state index is 0.683. The quantitative estimate of drug-likeness (QED) is 0.694. The van der Waals surface area contributed by atoms with Crippen molar-refractivity contribution < 1.29 is 0 Å². The van der Waals surface area contributed by atoms with Crippen LogP contribution in [0.15, 0.2) is 0 Å². The van der Waals surface area contributed by atoms with E-state index in [9.17, 15) is 0 Å². The van der Waals surface area contributed by atoms with Crippen LogP contribution in [0.3, 0.4) is 0 Å². The lowest BCUT2D eigenvalue weighted by Crippen LogP contribution is -2.56. The fourth-order valence-electron chi connectivity index (χ4n) is 3.28. The van der Waals surface area contributed by atoms with Crippen molar-refractivity contribution in [1.82, 2.24) is 15.1 Å². The second-order valence-electron chi connectivity index (χ2n) is 5.80. The molecule has 0 aromatic rings. The molecule has 1 fully saturated rings. The Labute approximate surface area is 120 Å². The van der Waals surface area contributed by atoms with Crippen molar-refractivity contribution in [1.29, 1.82) is 0 Å². The molecule has 1 N–H and O–H groups in total. The maximum Gasteiger partial charge on any atom is 0.0247 e. The molecule has 0 saturated carbocycles. The van der Waals surface area contributed by atoms with E-state index in [0.29, 0.717) is 6.04 Å². The van der Waals surface area contributed by atoms with Gasteiger partial charge in [0.25, 0.3) is 0 Å². The smallest absolute Gasteiger partial charge is 0.0247 e. The summed E-state index contributed by atoms with van der Waals surface area (Å²) in [6.45, 7) is 16.6. The molecule has 1 saturated heterocycles. The van der Waals surface area contributed by atoms with Gasteiger partial charge in [-0.1, -0.05) is 34.1 Å². The summed E-state index contributed by atoms with van der Waals surface area (Å²) in [4.78, 5) is 5.30. The van der Waals surface area contributed by atoms with Crippen molar-refractivity contribution in [3.8, 4) is 0 Å². The first kappa shape index (κ1) is 16.9. The lowest BCUT2D eigenvalue weighted by atomic mass is 9.98. The van der Waals surface area contributed by atoms with Crippen molar-refractivity contribution in [2.45, 2.75) is 65.5 Å². The highest BCUT2D eigenvalue weighted by Crippen LogP contribution is 2.16. The molecule has 0 spiro atoms. The fraction of sp³-hybridized carbons (Fsp3) is 1.00. The van der Waals surface area contributed by atoms with Crippen LogP contribution in [-0.2, 0) is 0 Å². The van der Waals surface area contributed by atoms with Gasteiger partial charge in [0, 0.05) is 38.3 Å². The number of rotatable bonds is 9. The average Bonchev–Trinajstić information content (AvgIpc) is 2.46. The number of nitrogens with zero attached hydrogens (tertiary/aromatic N) is 2. The average molecular weight is 269 g/mol. The number of hydrogen-bond acceptors (Lipinski definition) is 3. The summed E-state index contributed by atoms with van der Waals surface area (Å²) in [7, 11) is 0. The zero-order valence-electron chi connectivity index (χ0n) is 13.6. The van der Waals surface area contributed by atoms with Gasteiger partial charge < -0.3 is 10.2 Å². The van der Waals surface area contributed by atoms with E-state index < -0.39 is 0 Å². The highest BCUT2D eigenvalue weighted by molar-refractivity contribution is 4.86. The third kappa shape index (κ3) is 5.41. The summed E-state index contributed by atoms with van der Waals surface area (Å²) < 4.78 is 0. The first-order valence-corrected chi connectivity index (χ1v) is 8.46.